The predicted octanol–water partition coefficient (Wildman–Crippen LogP) is 4.52. The SMILES string of the molecule is C[C@@H](Nc1ccc(Cl)nc1C(=O)O)c1cccc2c(=O)n(C)c(-c3ccccc3)nc12. The molecule has 2 aromatic heterocycles. The van der Waals surface area contributed by atoms with Crippen molar-refractivity contribution < 1.29 is 9.90 Å². The summed E-state index contributed by atoms with van der Waals surface area (Å²) in [5.41, 5.74) is 2.15. The average Bonchev–Trinajstić information content (AvgIpc) is 2.77. The first kappa shape index (κ1) is 20.6. The normalized spacial score (nSPS) is 12.0. The second-order valence-electron chi connectivity index (χ2n) is 7.11. The number of pyridine rings is 1. The number of nitrogens with one attached hydrogen (secondary N) is 1. The van der Waals surface area contributed by atoms with Gasteiger partial charge in [0, 0.05) is 18.2 Å². The van der Waals surface area contributed by atoms with E-state index >= 15 is 0 Å². The monoisotopic (exact) mass is 434 g/mol. The van der Waals surface area contributed by atoms with Crippen LogP contribution in [0.1, 0.15) is 29.0 Å². The van der Waals surface area contributed by atoms with Crippen LogP contribution in [0.3, 0.4) is 0 Å². The smallest absolute Gasteiger partial charge is 0.356 e. The number of nitrogens with zero attached hydrogens (tertiary/aromatic N) is 3. The molecular weight excluding hydrogens is 416 g/mol. The first-order chi connectivity index (χ1) is 14.9. The molecule has 0 bridgehead atoms. The molecule has 4 aromatic rings. The summed E-state index contributed by atoms with van der Waals surface area (Å²) in [5, 5.41) is 13.2. The fourth-order valence-corrected chi connectivity index (χ4v) is 3.68. The van der Waals surface area contributed by atoms with Crippen molar-refractivity contribution in [3.05, 3.63) is 87.4 Å². The van der Waals surface area contributed by atoms with E-state index in [1.54, 1.807) is 25.2 Å². The molecule has 8 heteroatoms. The molecule has 4 rings (SSSR count). The van der Waals surface area contributed by atoms with Gasteiger partial charge in [0.2, 0.25) is 0 Å². The second kappa shape index (κ2) is 8.20. The number of para-hydroxylation sites is 1. The maximum absolute atomic E-state index is 13.0. The molecule has 0 aliphatic heterocycles. The molecule has 7 nitrogen and oxygen atoms in total. The van der Waals surface area contributed by atoms with Gasteiger partial charge in [-0.1, -0.05) is 54.1 Å². The Bertz CT molecular complexity index is 1350. The van der Waals surface area contributed by atoms with Crippen molar-refractivity contribution in [1.82, 2.24) is 14.5 Å². The lowest BCUT2D eigenvalue weighted by atomic mass is 10.0. The van der Waals surface area contributed by atoms with E-state index in [4.69, 9.17) is 16.6 Å². The van der Waals surface area contributed by atoms with Gasteiger partial charge in [-0.2, -0.15) is 0 Å². The highest BCUT2D eigenvalue weighted by Crippen LogP contribution is 2.28. The van der Waals surface area contributed by atoms with Gasteiger partial charge in [-0.15, -0.1) is 0 Å². The van der Waals surface area contributed by atoms with Gasteiger partial charge in [0.25, 0.3) is 5.56 Å². The van der Waals surface area contributed by atoms with Crippen molar-refractivity contribution in [2.75, 3.05) is 5.32 Å². The molecule has 2 heterocycles. The summed E-state index contributed by atoms with van der Waals surface area (Å²) in [5.74, 6) is -0.634. The summed E-state index contributed by atoms with van der Waals surface area (Å²) < 4.78 is 1.53. The molecule has 0 saturated carbocycles. The molecule has 0 spiro atoms. The van der Waals surface area contributed by atoms with Crippen LogP contribution in [-0.4, -0.2) is 25.6 Å². The number of aromatic nitrogens is 3. The van der Waals surface area contributed by atoms with E-state index in [0.717, 1.165) is 11.1 Å². The van der Waals surface area contributed by atoms with E-state index in [2.05, 4.69) is 10.3 Å². The minimum atomic E-state index is -1.19. The topological polar surface area (TPSA) is 97.1 Å². The van der Waals surface area contributed by atoms with Crippen molar-refractivity contribution >= 4 is 34.2 Å². The van der Waals surface area contributed by atoms with Gasteiger partial charge < -0.3 is 10.4 Å². The molecule has 0 amide bonds. The molecule has 156 valence electrons. The van der Waals surface area contributed by atoms with Crippen LogP contribution in [0.25, 0.3) is 22.3 Å². The molecule has 0 aliphatic rings. The van der Waals surface area contributed by atoms with Crippen molar-refractivity contribution in [1.29, 1.82) is 0 Å². The number of carboxylic acids is 1. The average molecular weight is 435 g/mol. The minimum Gasteiger partial charge on any atom is -0.476 e. The summed E-state index contributed by atoms with van der Waals surface area (Å²) in [4.78, 5) is 33.3. The Balaban J connectivity index is 1.84. The molecule has 0 unspecified atom stereocenters. The summed E-state index contributed by atoms with van der Waals surface area (Å²) in [6, 6.07) is 17.6. The van der Waals surface area contributed by atoms with Gasteiger partial charge in [0.1, 0.15) is 11.0 Å². The Labute approximate surface area is 183 Å². The fraction of sp³-hybridized carbons (Fsp3) is 0.130. The van der Waals surface area contributed by atoms with E-state index < -0.39 is 5.97 Å². The molecule has 0 saturated heterocycles. The Morgan fingerprint density at radius 3 is 2.52 bits per heavy atom. The van der Waals surface area contributed by atoms with Gasteiger partial charge in [-0.05, 0) is 25.1 Å². The molecule has 0 fully saturated rings. The Morgan fingerprint density at radius 2 is 1.81 bits per heavy atom. The van der Waals surface area contributed by atoms with Gasteiger partial charge in [0.15, 0.2) is 5.69 Å². The van der Waals surface area contributed by atoms with Crippen molar-refractivity contribution in [3.63, 3.8) is 0 Å². The van der Waals surface area contributed by atoms with Gasteiger partial charge in [-0.25, -0.2) is 14.8 Å². The summed E-state index contributed by atoms with van der Waals surface area (Å²) in [6.45, 7) is 1.87. The summed E-state index contributed by atoms with van der Waals surface area (Å²) in [6.07, 6.45) is 0. The Hall–Kier alpha value is -3.71. The number of benzene rings is 2. The third-order valence-corrected chi connectivity index (χ3v) is 5.28. The largest absolute Gasteiger partial charge is 0.476 e. The van der Waals surface area contributed by atoms with Crippen molar-refractivity contribution in [2.24, 2.45) is 7.05 Å². The summed E-state index contributed by atoms with van der Waals surface area (Å²) >= 11 is 5.85. The number of aromatic carboxylic acids is 1. The highest BCUT2D eigenvalue weighted by atomic mass is 35.5. The molecule has 2 N–H and O–H groups in total. The number of carbonyl (C=O) groups is 1. The molecule has 31 heavy (non-hydrogen) atoms. The van der Waals surface area contributed by atoms with Crippen LogP contribution < -0.4 is 10.9 Å². The van der Waals surface area contributed by atoms with E-state index in [0.29, 0.717) is 22.4 Å². The third-order valence-electron chi connectivity index (χ3n) is 5.07. The number of rotatable bonds is 5. The third kappa shape index (κ3) is 3.87. The molecule has 0 radical (unpaired) electrons. The number of fused-ring (bicyclic) bond motifs is 1. The van der Waals surface area contributed by atoms with Crippen LogP contribution in [0.4, 0.5) is 5.69 Å². The van der Waals surface area contributed by atoms with Crippen LogP contribution >= 0.6 is 11.6 Å². The van der Waals surface area contributed by atoms with E-state index in [1.807, 2.05) is 43.3 Å². The number of halogens is 1. The molecule has 0 aliphatic carbocycles. The molecular formula is C23H19ClN4O3. The number of hydrogen-bond acceptors (Lipinski definition) is 5. The van der Waals surface area contributed by atoms with Crippen LogP contribution in [0, 0.1) is 0 Å². The zero-order valence-corrected chi connectivity index (χ0v) is 17.6. The van der Waals surface area contributed by atoms with Crippen LogP contribution in [0.15, 0.2) is 65.5 Å². The van der Waals surface area contributed by atoms with Crippen LogP contribution in [0.2, 0.25) is 5.15 Å². The highest BCUT2D eigenvalue weighted by Gasteiger charge is 2.19. The Morgan fingerprint density at radius 1 is 1.06 bits per heavy atom. The minimum absolute atomic E-state index is 0.0958. The maximum atomic E-state index is 13.0. The zero-order chi connectivity index (χ0) is 22.1. The molecule has 2 aromatic carbocycles. The standard InChI is InChI=1S/C23H19ClN4O3/c1-13(25-17-11-12-18(24)26-20(17)23(30)31)15-9-6-10-16-19(15)27-21(28(2)22(16)29)14-7-4-3-5-8-14/h3-13,25H,1-2H3,(H,30,31)/t13-/m1/s1. The van der Waals surface area contributed by atoms with Gasteiger partial charge in [-0.3, -0.25) is 9.36 Å². The lowest BCUT2D eigenvalue weighted by Gasteiger charge is -2.19. The predicted molar refractivity (Wildman–Crippen MR) is 121 cm³/mol. The zero-order valence-electron chi connectivity index (χ0n) is 16.8. The van der Waals surface area contributed by atoms with E-state index in [1.165, 1.54) is 10.6 Å². The van der Waals surface area contributed by atoms with Crippen LogP contribution in [0.5, 0.6) is 0 Å². The highest BCUT2D eigenvalue weighted by molar-refractivity contribution is 6.29. The number of carboxylic acid groups (broad SMARTS) is 1. The van der Waals surface area contributed by atoms with E-state index in [9.17, 15) is 14.7 Å². The number of anilines is 1. The Kier molecular flexibility index (Phi) is 5.44. The molecule has 1 atom stereocenters. The second-order valence-corrected chi connectivity index (χ2v) is 7.50. The quantitative estimate of drug-likeness (QED) is 0.448. The fourth-order valence-electron chi connectivity index (χ4n) is 3.54. The van der Waals surface area contributed by atoms with Crippen LogP contribution in [-0.2, 0) is 7.05 Å². The van der Waals surface area contributed by atoms with Crippen molar-refractivity contribution in [2.45, 2.75) is 13.0 Å². The first-order valence-corrected chi connectivity index (χ1v) is 9.96. The van der Waals surface area contributed by atoms with Crippen molar-refractivity contribution in [3.8, 4) is 11.4 Å². The first-order valence-electron chi connectivity index (χ1n) is 9.58. The summed E-state index contributed by atoms with van der Waals surface area (Å²) in [7, 11) is 1.70. The van der Waals surface area contributed by atoms with Gasteiger partial charge in [0.05, 0.1) is 22.6 Å². The maximum Gasteiger partial charge on any atom is 0.356 e. The van der Waals surface area contributed by atoms with E-state index in [-0.39, 0.29) is 22.4 Å². The lowest BCUT2D eigenvalue weighted by Crippen LogP contribution is -2.21. The lowest BCUT2D eigenvalue weighted by molar-refractivity contribution is 0.0691. The number of hydrogen-bond donors (Lipinski definition) is 2. The van der Waals surface area contributed by atoms with Gasteiger partial charge >= 0.3 is 5.97 Å².